The first-order valence-electron chi connectivity index (χ1n) is 9.81. The van der Waals surface area contributed by atoms with Gasteiger partial charge in [0.2, 0.25) is 0 Å². The van der Waals surface area contributed by atoms with Gasteiger partial charge in [0.05, 0.1) is 0 Å². The molecule has 5 nitrogen and oxygen atoms in total. The number of hydrogen-bond acceptors (Lipinski definition) is 3. The molecule has 1 N–H and O–H groups in total. The molecule has 0 aromatic heterocycles. The minimum absolute atomic E-state index is 0.0165. The molecular weight excluding hydrogens is 333 g/mol. The van der Waals surface area contributed by atoms with Crippen LogP contribution in [0.15, 0.2) is 24.3 Å². The summed E-state index contributed by atoms with van der Waals surface area (Å²) in [4.78, 5) is 16.7. The van der Waals surface area contributed by atoms with E-state index in [1.165, 1.54) is 38.1 Å². The number of rotatable bonds is 6. The third-order valence-electron chi connectivity index (χ3n) is 5.43. The number of amides is 2. The number of halogens is 1. The zero-order valence-electron chi connectivity index (χ0n) is 15.6. The largest absolute Gasteiger partial charge is 0.490 e. The fraction of sp³-hybridized carbons (Fsp3) is 0.650. The van der Waals surface area contributed by atoms with Gasteiger partial charge in [-0.15, -0.1) is 0 Å². The Morgan fingerprint density at radius 1 is 1.27 bits per heavy atom. The number of carbonyl (C=O) groups is 1. The standard InChI is InChI=1S/C20H30FN3O2/c1-16(23-11-2-3-12-23)7-10-22-20(25)24-13-8-18(9-14-24)26-19-6-4-5-17(21)15-19/h4-6,15-16,18H,2-3,7-14H2,1H3,(H,22,25)/t16-/m0/s1. The Morgan fingerprint density at radius 2 is 2.00 bits per heavy atom. The van der Waals surface area contributed by atoms with Crippen LogP contribution in [0, 0.1) is 5.82 Å². The number of likely N-dealkylation sites (tertiary alicyclic amines) is 2. The molecule has 0 bridgehead atoms. The van der Waals surface area contributed by atoms with Crippen molar-refractivity contribution in [3.63, 3.8) is 0 Å². The Balaban J connectivity index is 1.34. The van der Waals surface area contributed by atoms with Crippen LogP contribution >= 0.6 is 0 Å². The van der Waals surface area contributed by atoms with Gasteiger partial charge in [-0.3, -0.25) is 0 Å². The first kappa shape index (κ1) is 19.0. The van der Waals surface area contributed by atoms with Crippen molar-refractivity contribution in [2.45, 2.75) is 51.2 Å². The molecule has 3 rings (SSSR count). The van der Waals surface area contributed by atoms with E-state index in [1.807, 2.05) is 4.90 Å². The number of nitrogens with one attached hydrogen (secondary N) is 1. The van der Waals surface area contributed by atoms with E-state index in [0.29, 0.717) is 24.9 Å². The third kappa shape index (κ3) is 5.34. The number of nitrogens with zero attached hydrogens (tertiary/aromatic N) is 2. The van der Waals surface area contributed by atoms with Crippen LogP contribution in [0.4, 0.5) is 9.18 Å². The Morgan fingerprint density at radius 3 is 2.69 bits per heavy atom. The predicted molar refractivity (Wildman–Crippen MR) is 99.9 cm³/mol. The van der Waals surface area contributed by atoms with Crippen LogP contribution in [0.1, 0.15) is 39.0 Å². The van der Waals surface area contributed by atoms with E-state index in [1.54, 1.807) is 12.1 Å². The third-order valence-corrected chi connectivity index (χ3v) is 5.43. The minimum atomic E-state index is -0.289. The second-order valence-electron chi connectivity index (χ2n) is 7.37. The van der Waals surface area contributed by atoms with Crippen molar-refractivity contribution in [3.8, 4) is 5.75 Å². The van der Waals surface area contributed by atoms with E-state index in [9.17, 15) is 9.18 Å². The first-order chi connectivity index (χ1) is 12.6. The van der Waals surface area contributed by atoms with E-state index in [-0.39, 0.29) is 18.0 Å². The molecule has 0 saturated carbocycles. The van der Waals surface area contributed by atoms with Crippen molar-refractivity contribution in [1.82, 2.24) is 15.1 Å². The summed E-state index contributed by atoms with van der Waals surface area (Å²) in [6.45, 7) is 6.69. The summed E-state index contributed by atoms with van der Waals surface area (Å²) in [5.74, 6) is 0.270. The summed E-state index contributed by atoms with van der Waals surface area (Å²) in [6.07, 6.45) is 5.16. The smallest absolute Gasteiger partial charge is 0.317 e. The maximum atomic E-state index is 13.2. The highest BCUT2D eigenvalue weighted by atomic mass is 19.1. The maximum Gasteiger partial charge on any atom is 0.317 e. The molecule has 2 heterocycles. The summed E-state index contributed by atoms with van der Waals surface area (Å²) in [7, 11) is 0. The summed E-state index contributed by atoms with van der Waals surface area (Å²) < 4.78 is 19.0. The van der Waals surface area contributed by atoms with Crippen molar-refractivity contribution >= 4 is 6.03 Å². The van der Waals surface area contributed by atoms with Crippen LogP contribution in [0.3, 0.4) is 0 Å². The lowest BCUT2D eigenvalue weighted by Crippen LogP contribution is -2.47. The second kappa shape index (κ2) is 9.21. The molecule has 0 aliphatic carbocycles. The molecule has 2 saturated heterocycles. The highest BCUT2D eigenvalue weighted by molar-refractivity contribution is 5.74. The zero-order chi connectivity index (χ0) is 18.4. The predicted octanol–water partition coefficient (Wildman–Crippen LogP) is 3.25. The molecule has 1 aromatic carbocycles. The molecular formula is C20H30FN3O2. The topological polar surface area (TPSA) is 44.8 Å². The van der Waals surface area contributed by atoms with Crippen molar-refractivity contribution in [2.24, 2.45) is 0 Å². The Labute approximate surface area is 155 Å². The number of urea groups is 1. The summed E-state index contributed by atoms with van der Waals surface area (Å²) >= 11 is 0. The van der Waals surface area contributed by atoms with Crippen molar-refractivity contribution in [1.29, 1.82) is 0 Å². The number of hydrogen-bond donors (Lipinski definition) is 1. The normalized spacial score (nSPS) is 20.2. The average molecular weight is 363 g/mol. The van der Waals surface area contributed by atoms with Gasteiger partial charge in [0.25, 0.3) is 0 Å². The average Bonchev–Trinajstić information content (AvgIpc) is 3.17. The molecule has 2 aliphatic heterocycles. The van der Waals surface area contributed by atoms with Gasteiger partial charge in [-0.2, -0.15) is 0 Å². The van der Waals surface area contributed by atoms with E-state index < -0.39 is 0 Å². The summed E-state index contributed by atoms with van der Waals surface area (Å²) in [6, 6.07) is 6.77. The van der Waals surface area contributed by atoms with Gasteiger partial charge >= 0.3 is 6.03 Å². The summed E-state index contributed by atoms with van der Waals surface area (Å²) in [5, 5.41) is 3.05. The lowest BCUT2D eigenvalue weighted by molar-refractivity contribution is 0.110. The van der Waals surface area contributed by atoms with Gasteiger partial charge in [-0.25, -0.2) is 9.18 Å². The molecule has 0 spiro atoms. The minimum Gasteiger partial charge on any atom is -0.490 e. The van der Waals surface area contributed by atoms with Gasteiger partial charge in [-0.05, 0) is 51.4 Å². The molecule has 1 aromatic rings. The first-order valence-corrected chi connectivity index (χ1v) is 9.81. The maximum absolute atomic E-state index is 13.2. The number of benzene rings is 1. The van der Waals surface area contributed by atoms with E-state index in [4.69, 9.17) is 4.74 Å². The molecule has 2 amide bonds. The van der Waals surface area contributed by atoms with Crippen molar-refractivity contribution in [3.05, 3.63) is 30.1 Å². The highest BCUT2D eigenvalue weighted by Gasteiger charge is 2.24. The molecule has 0 radical (unpaired) electrons. The molecule has 1 atom stereocenters. The molecule has 0 unspecified atom stereocenters. The van der Waals surface area contributed by atoms with E-state index in [0.717, 1.165) is 25.8 Å². The lowest BCUT2D eigenvalue weighted by atomic mass is 10.1. The second-order valence-corrected chi connectivity index (χ2v) is 7.37. The highest BCUT2D eigenvalue weighted by Crippen LogP contribution is 2.20. The summed E-state index contributed by atoms with van der Waals surface area (Å²) in [5.41, 5.74) is 0. The van der Waals surface area contributed by atoms with Crippen LogP contribution in [0.2, 0.25) is 0 Å². The van der Waals surface area contributed by atoms with Gasteiger partial charge in [-0.1, -0.05) is 6.07 Å². The van der Waals surface area contributed by atoms with Crippen LogP contribution in [-0.2, 0) is 0 Å². The Kier molecular flexibility index (Phi) is 6.72. The van der Waals surface area contributed by atoms with Crippen molar-refractivity contribution < 1.29 is 13.9 Å². The van der Waals surface area contributed by atoms with Crippen LogP contribution in [0.25, 0.3) is 0 Å². The molecule has 144 valence electrons. The van der Waals surface area contributed by atoms with E-state index in [2.05, 4.69) is 17.1 Å². The Hall–Kier alpha value is -1.82. The fourth-order valence-electron chi connectivity index (χ4n) is 3.77. The number of ether oxygens (including phenoxy) is 1. The van der Waals surface area contributed by atoms with Crippen LogP contribution < -0.4 is 10.1 Å². The monoisotopic (exact) mass is 363 g/mol. The fourth-order valence-corrected chi connectivity index (χ4v) is 3.77. The van der Waals surface area contributed by atoms with E-state index >= 15 is 0 Å². The molecule has 6 heteroatoms. The van der Waals surface area contributed by atoms with Crippen molar-refractivity contribution in [2.75, 3.05) is 32.7 Å². The SMILES string of the molecule is C[C@@H](CCNC(=O)N1CCC(Oc2cccc(F)c2)CC1)N1CCCC1. The van der Waals surface area contributed by atoms with Crippen LogP contribution in [-0.4, -0.2) is 60.7 Å². The Bertz CT molecular complexity index is 584. The number of piperidine rings is 1. The van der Waals surface area contributed by atoms with Gasteiger partial charge < -0.3 is 19.9 Å². The molecule has 2 fully saturated rings. The van der Waals surface area contributed by atoms with Gasteiger partial charge in [0.15, 0.2) is 0 Å². The van der Waals surface area contributed by atoms with Gasteiger partial charge in [0, 0.05) is 44.6 Å². The van der Waals surface area contributed by atoms with Crippen LogP contribution in [0.5, 0.6) is 5.75 Å². The molecule has 26 heavy (non-hydrogen) atoms. The van der Waals surface area contributed by atoms with Gasteiger partial charge in [0.1, 0.15) is 17.7 Å². The molecule has 2 aliphatic rings. The quantitative estimate of drug-likeness (QED) is 0.844. The zero-order valence-corrected chi connectivity index (χ0v) is 15.6. The lowest BCUT2D eigenvalue weighted by Gasteiger charge is -2.32. The number of carbonyl (C=O) groups excluding carboxylic acids is 1.